The van der Waals surface area contributed by atoms with E-state index in [2.05, 4.69) is 17.1 Å². The van der Waals surface area contributed by atoms with E-state index in [0.29, 0.717) is 35.8 Å². The van der Waals surface area contributed by atoms with Crippen molar-refractivity contribution < 1.29 is 18.0 Å². The molecule has 0 spiro atoms. The van der Waals surface area contributed by atoms with Gasteiger partial charge in [0.2, 0.25) is 10.0 Å². The number of benzene rings is 1. The fourth-order valence-corrected chi connectivity index (χ4v) is 8.20. The maximum atomic E-state index is 13.5. The summed E-state index contributed by atoms with van der Waals surface area (Å²) in [6, 6.07) is 6.08. The van der Waals surface area contributed by atoms with E-state index in [-0.39, 0.29) is 22.8 Å². The standard InChI is InChI=1S/C27H38N4O4S2/c1-5-29-17-15-22-23(18-29)36-26(24(22)27(33)30(6-2)7-3)28-25(32)20-11-13-21(14-12-20)37(34,35)31-16-9-8-10-19(31)4/h11-14,19H,5-10,15-18H2,1-4H3,(H,28,32). The molecule has 10 heteroatoms. The summed E-state index contributed by atoms with van der Waals surface area (Å²) in [4.78, 5) is 32.1. The molecule has 0 radical (unpaired) electrons. The van der Waals surface area contributed by atoms with Crippen molar-refractivity contribution in [1.82, 2.24) is 14.1 Å². The van der Waals surface area contributed by atoms with E-state index in [0.717, 1.165) is 55.8 Å². The highest BCUT2D eigenvalue weighted by molar-refractivity contribution is 7.89. The van der Waals surface area contributed by atoms with Gasteiger partial charge in [-0.3, -0.25) is 14.5 Å². The highest BCUT2D eigenvalue weighted by Crippen LogP contribution is 2.38. The molecule has 3 heterocycles. The molecule has 8 nitrogen and oxygen atoms in total. The molecular weight excluding hydrogens is 508 g/mol. The number of hydrogen-bond acceptors (Lipinski definition) is 6. The van der Waals surface area contributed by atoms with Crippen LogP contribution in [-0.2, 0) is 23.0 Å². The third-order valence-electron chi connectivity index (χ3n) is 7.54. The molecule has 0 bridgehead atoms. The van der Waals surface area contributed by atoms with Gasteiger partial charge in [-0.1, -0.05) is 13.3 Å². The smallest absolute Gasteiger partial charge is 0.257 e. The van der Waals surface area contributed by atoms with Gasteiger partial charge in [0.05, 0.1) is 10.5 Å². The lowest BCUT2D eigenvalue weighted by atomic mass is 10.0. The molecule has 2 aromatic rings. The van der Waals surface area contributed by atoms with Gasteiger partial charge in [-0.15, -0.1) is 11.3 Å². The van der Waals surface area contributed by atoms with Crippen molar-refractivity contribution >= 4 is 38.2 Å². The van der Waals surface area contributed by atoms with Crippen molar-refractivity contribution in [2.24, 2.45) is 0 Å². The van der Waals surface area contributed by atoms with Crippen LogP contribution in [0, 0.1) is 0 Å². The number of carbonyl (C=O) groups excluding carboxylic acids is 2. The second-order valence-electron chi connectivity index (χ2n) is 9.74. The lowest BCUT2D eigenvalue weighted by molar-refractivity contribution is 0.0772. The minimum absolute atomic E-state index is 0.0306. The number of carbonyl (C=O) groups is 2. The summed E-state index contributed by atoms with van der Waals surface area (Å²) in [5, 5.41) is 3.56. The van der Waals surface area contributed by atoms with E-state index in [1.54, 1.807) is 21.3 Å². The largest absolute Gasteiger partial charge is 0.339 e. The zero-order valence-electron chi connectivity index (χ0n) is 22.2. The Labute approximate surface area is 224 Å². The summed E-state index contributed by atoms with van der Waals surface area (Å²) in [5.74, 6) is -0.408. The lowest BCUT2D eigenvalue weighted by Crippen LogP contribution is -2.41. The molecule has 202 valence electrons. The Bertz CT molecular complexity index is 1240. The number of amides is 2. The normalized spacial score (nSPS) is 18.9. The maximum absolute atomic E-state index is 13.5. The van der Waals surface area contributed by atoms with Gasteiger partial charge in [0.25, 0.3) is 11.8 Å². The highest BCUT2D eigenvalue weighted by atomic mass is 32.2. The fraction of sp³-hybridized carbons (Fsp3) is 0.556. The molecule has 1 unspecified atom stereocenters. The molecule has 0 saturated carbocycles. The first-order chi connectivity index (χ1) is 17.7. The molecule has 1 fully saturated rings. The number of rotatable bonds is 8. The average Bonchev–Trinajstić information content (AvgIpc) is 3.26. The topological polar surface area (TPSA) is 90.0 Å². The van der Waals surface area contributed by atoms with Crippen molar-refractivity contribution in [3.63, 3.8) is 0 Å². The Morgan fingerprint density at radius 2 is 1.78 bits per heavy atom. The zero-order chi connectivity index (χ0) is 26.7. The summed E-state index contributed by atoms with van der Waals surface area (Å²) in [7, 11) is -3.61. The summed E-state index contributed by atoms with van der Waals surface area (Å²) in [6.45, 7) is 12.3. The summed E-state index contributed by atoms with van der Waals surface area (Å²) < 4.78 is 27.9. The second kappa shape index (κ2) is 11.6. The van der Waals surface area contributed by atoms with Crippen LogP contribution >= 0.6 is 11.3 Å². The zero-order valence-corrected chi connectivity index (χ0v) is 23.9. The maximum Gasteiger partial charge on any atom is 0.257 e. The third-order valence-corrected chi connectivity index (χ3v) is 10.7. The number of sulfonamides is 1. The number of thiophene rings is 1. The Kier molecular flexibility index (Phi) is 8.73. The molecule has 2 aliphatic rings. The van der Waals surface area contributed by atoms with Crippen molar-refractivity contribution in [2.75, 3.05) is 38.0 Å². The molecule has 4 rings (SSSR count). The van der Waals surface area contributed by atoms with E-state index >= 15 is 0 Å². The molecule has 1 aromatic carbocycles. The second-order valence-corrected chi connectivity index (χ2v) is 12.7. The van der Waals surface area contributed by atoms with Crippen molar-refractivity contribution in [2.45, 2.75) is 70.9 Å². The molecule has 0 aliphatic carbocycles. The number of likely N-dealkylation sites (N-methyl/N-ethyl adjacent to an activating group) is 1. The summed E-state index contributed by atoms with van der Waals surface area (Å²) >= 11 is 1.47. The van der Waals surface area contributed by atoms with E-state index in [1.165, 1.54) is 23.5 Å². The van der Waals surface area contributed by atoms with Crippen LogP contribution in [-0.4, -0.2) is 73.1 Å². The van der Waals surface area contributed by atoms with Gasteiger partial charge < -0.3 is 10.2 Å². The molecule has 1 atom stereocenters. The Morgan fingerprint density at radius 3 is 2.41 bits per heavy atom. The van der Waals surface area contributed by atoms with E-state index in [1.807, 2.05) is 20.8 Å². The first-order valence-corrected chi connectivity index (χ1v) is 15.6. The average molecular weight is 547 g/mol. The van der Waals surface area contributed by atoms with Crippen molar-refractivity contribution in [1.29, 1.82) is 0 Å². The van der Waals surface area contributed by atoms with Gasteiger partial charge in [-0.05, 0) is 76.4 Å². The highest BCUT2D eigenvalue weighted by Gasteiger charge is 2.32. The molecule has 1 N–H and O–H groups in total. The van der Waals surface area contributed by atoms with Crippen LogP contribution < -0.4 is 5.32 Å². The van der Waals surface area contributed by atoms with E-state index in [4.69, 9.17) is 0 Å². The van der Waals surface area contributed by atoms with Crippen LogP contribution in [0.2, 0.25) is 0 Å². The van der Waals surface area contributed by atoms with Crippen LogP contribution in [0.5, 0.6) is 0 Å². The number of nitrogens with zero attached hydrogens (tertiary/aromatic N) is 3. The quantitative estimate of drug-likeness (QED) is 0.529. The van der Waals surface area contributed by atoms with Crippen molar-refractivity contribution in [3.05, 3.63) is 45.8 Å². The summed E-state index contributed by atoms with van der Waals surface area (Å²) in [5.41, 5.74) is 2.00. The molecular formula is C27H38N4O4S2. The monoisotopic (exact) mass is 546 g/mol. The molecule has 2 aliphatic heterocycles. The number of piperidine rings is 1. The molecule has 1 saturated heterocycles. The van der Waals surface area contributed by atoms with Crippen LogP contribution in [0.1, 0.15) is 78.1 Å². The van der Waals surface area contributed by atoms with E-state index < -0.39 is 10.0 Å². The van der Waals surface area contributed by atoms with Crippen molar-refractivity contribution in [3.8, 4) is 0 Å². The molecule has 1 aromatic heterocycles. The Morgan fingerprint density at radius 1 is 1.08 bits per heavy atom. The van der Waals surface area contributed by atoms with Gasteiger partial charge in [0.15, 0.2) is 0 Å². The van der Waals surface area contributed by atoms with Gasteiger partial charge in [-0.2, -0.15) is 4.31 Å². The SMILES string of the molecule is CCN1CCc2c(sc(NC(=O)c3ccc(S(=O)(=O)N4CCCCC4C)cc3)c2C(=O)N(CC)CC)C1. The first kappa shape index (κ1) is 27.8. The van der Waals surface area contributed by atoms with Crippen LogP contribution in [0.4, 0.5) is 5.00 Å². The Balaban J connectivity index is 1.59. The number of nitrogens with one attached hydrogen (secondary N) is 1. The van der Waals surface area contributed by atoms with E-state index in [9.17, 15) is 18.0 Å². The van der Waals surface area contributed by atoms with Gasteiger partial charge >= 0.3 is 0 Å². The number of hydrogen-bond donors (Lipinski definition) is 1. The first-order valence-electron chi connectivity index (χ1n) is 13.3. The molecule has 37 heavy (non-hydrogen) atoms. The van der Waals surface area contributed by atoms with Gasteiger partial charge in [0.1, 0.15) is 5.00 Å². The summed E-state index contributed by atoms with van der Waals surface area (Å²) in [6.07, 6.45) is 3.53. The predicted molar refractivity (Wildman–Crippen MR) is 148 cm³/mol. The minimum Gasteiger partial charge on any atom is -0.339 e. The van der Waals surface area contributed by atoms with Gasteiger partial charge in [-0.25, -0.2) is 8.42 Å². The third kappa shape index (κ3) is 5.62. The Hall–Kier alpha value is -2.27. The number of fused-ring (bicyclic) bond motifs is 1. The minimum atomic E-state index is -3.61. The van der Waals surface area contributed by atoms with Crippen LogP contribution in [0.15, 0.2) is 29.2 Å². The van der Waals surface area contributed by atoms with Crippen LogP contribution in [0.3, 0.4) is 0 Å². The molecule has 2 amide bonds. The van der Waals surface area contributed by atoms with Crippen LogP contribution in [0.25, 0.3) is 0 Å². The fourth-order valence-electron chi connectivity index (χ4n) is 5.23. The lowest BCUT2D eigenvalue weighted by Gasteiger charge is -2.32. The number of anilines is 1. The van der Waals surface area contributed by atoms with Gasteiger partial charge in [0, 0.05) is 49.2 Å². The predicted octanol–water partition coefficient (Wildman–Crippen LogP) is 4.42.